The van der Waals surface area contributed by atoms with Crippen molar-refractivity contribution in [3.05, 3.63) is 146 Å². The van der Waals surface area contributed by atoms with Gasteiger partial charge in [0.05, 0.1) is 22.8 Å². The third-order valence-corrected chi connectivity index (χ3v) is 5.33. The van der Waals surface area contributed by atoms with Gasteiger partial charge in [-0.15, -0.1) is 0 Å². The molecule has 0 aliphatic carbocycles. The van der Waals surface area contributed by atoms with Gasteiger partial charge in [0.25, 0.3) is 0 Å². The van der Waals surface area contributed by atoms with E-state index < -0.39 is 21.6 Å². The number of halogens is 12. The van der Waals surface area contributed by atoms with Crippen molar-refractivity contribution in [1.82, 2.24) is 29.9 Å². The standard InChI is InChI=1S/C12H11N3O2.2C10H8N2.2F6P.Ru/c16-12(17)9-15(10-5-1-3-7-13-10)11-6-2-4-8-14-11;2*1-3-7-11-9(5-1)10-6-2-4-8-12-10;2*1-7(2,3,4,5)6;/h1-8H,9H2,(H,16,17);2*1-8H;;;/q;;;2*-1;+2. The monoisotopic (exact) mass is 933 g/mol. The Labute approximate surface area is 322 Å². The number of aliphatic carboxylic acids is 1. The Hall–Kier alpha value is -5.19. The van der Waals surface area contributed by atoms with E-state index in [-0.39, 0.29) is 26.0 Å². The summed E-state index contributed by atoms with van der Waals surface area (Å²) in [5.41, 5.74) is 3.66. The summed E-state index contributed by atoms with van der Waals surface area (Å²) >= 11 is 0. The maximum Gasteiger partial charge on any atom is 2.00 e. The SMILES string of the molecule is F[P-](F)(F)(F)(F)F.F[P-](F)(F)(F)(F)F.O=C(O)CN(c1ccccn1)c1ccccn1.[Ru+2].c1ccc(-c2ccccn2)nc1.c1ccc(-c2ccccn2)nc1. The summed E-state index contributed by atoms with van der Waals surface area (Å²) in [5.74, 6) is 0.198. The predicted molar refractivity (Wildman–Crippen MR) is 185 cm³/mol. The Balaban J connectivity index is 0.000000363. The molecule has 6 aromatic rings. The summed E-state index contributed by atoms with van der Waals surface area (Å²) in [6.45, 7) is -0.173. The topological polar surface area (TPSA) is 118 Å². The molecular weight excluding hydrogens is 905 g/mol. The quantitative estimate of drug-likeness (QED) is 0.0989. The average Bonchev–Trinajstić information content (AvgIpc) is 3.11. The zero-order valence-electron chi connectivity index (χ0n) is 27.8. The molecule has 0 aliphatic rings. The third kappa shape index (κ3) is 28.3. The molecule has 1 N–H and O–H groups in total. The number of rotatable bonds is 6. The first-order chi connectivity index (χ1) is 25.1. The maximum absolute atomic E-state index is 10.9. The molecule has 24 heteroatoms. The van der Waals surface area contributed by atoms with E-state index >= 15 is 0 Å². The Bertz CT molecular complexity index is 1800. The summed E-state index contributed by atoms with van der Waals surface area (Å²) in [7, 11) is -21.3. The number of carbonyl (C=O) groups is 1. The first-order valence-electron chi connectivity index (χ1n) is 14.7. The number of hydrogen-bond acceptors (Lipinski definition) is 8. The molecule has 0 unspecified atom stereocenters. The van der Waals surface area contributed by atoms with Gasteiger partial charge in [0.15, 0.2) is 0 Å². The number of carboxylic acids is 1. The number of hydrogen-bond donors (Lipinski definition) is 1. The molecule has 6 rings (SSSR count). The number of nitrogens with zero attached hydrogens (tertiary/aromatic N) is 7. The van der Waals surface area contributed by atoms with Crippen LogP contribution in [0.2, 0.25) is 0 Å². The van der Waals surface area contributed by atoms with Crippen molar-refractivity contribution < 1.29 is 79.7 Å². The third-order valence-electron chi connectivity index (χ3n) is 5.33. The Morgan fingerprint density at radius 3 is 0.804 bits per heavy atom. The summed E-state index contributed by atoms with van der Waals surface area (Å²) in [5, 5.41) is 8.91. The molecule has 6 heterocycles. The predicted octanol–water partition coefficient (Wildman–Crippen LogP) is 12.7. The minimum absolute atomic E-state index is 0. The minimum atomic E-state index is -10.7. The second-order valence-electron chi connectivity index (χ2n) is 10.1. The second-order valence-corrected chi connectivity index (χ2v) is 14.0. The van der Waals surface area contributed by atoms with Gasteiger partial charge in [0.2, 0.25) is 0 Å². The van der Waals surface area contributed by atoms with Crippen LogP contribution in [0.3, 0.4) is 0 Å². The van der Waals surface area contributed by atoms with Gasteiger partial charge in [0.1, 0.15) is 18.2 Å². The van der Waals surface area contributed by atoms with Gasteiger partial charge in [-0.2, -0.15) is 0 Å². The van der Waals surface area contributed by atoms with Gasteiger partial charge in [-0.1, -0.05) is 36.4 Å². The van der Waals surface area contributed by atoms with Gasteiger partial charge in [0, 0.05) is 37.2 Å². The average molecular weight is 933 g/mol. The van der Waals surface area contributed by atoms with Crippen LogP contribution in [0, 0.1) is 0 Å². The molecule has 0 saturated heterocycles. The van der Waals surface area contributed by atoms with Gasteiger partial charge in [-0.25, -0.2) is 9.97 Å². The largest absolute Gasteiger partial charge is 2.00 e. The van der Waals surface area contributed by atoms with Gasteiger partial charge >= 0.3 is 91.4 Å². The van der Waals surface area contributed by atoms with Crippen molar-refractivity contribution in [1.29, 1.82) is 0 Å². The fraction of sp³-hybridized carbons (Fsp3) is 0.0312. The summed E-state index contributed by atoms with van der Waals surface area (Å²) in [6, 6.07) is 33.9. The van der Waals surface area contributed by atoms with Crippen LogP contribution in [0.15, 0.2) is 146 Å². The first kappa shape index (κ1) is 48.8. The summed E-state index contributed by atoms with van der Waals surface area (Å²) in [4.78, 5) is 37.4. The van der Waals surface area contributed by atoms with E-state index in [9.17, 15) is 55.2 Å². The number of pyridine rings is 6. The van der Waals surface area contributed by atoms with Crippen LogP contribution >= 0.6 is 15.6 Å². The Morgan fingerprint density at radius 2 is 0.643 bits per heavy atom. The number of anilines is 2. The van der Waals surface area contributed by atoms with Crippen LogP contribution in [0.4, 0.5) is 62.0 Å². The van der Waals surface area contributed by atoms with Crippen LogP contribution in [0.1, 0.15) is 0 Å². The van der Waals surface area contributed by atoms with Crippen LogP contribution in [-0.2, 0) is 24.3 Å². The molecule has 0 bridgehead atoms. The number of aromatic nitrogens is 6. The van der Waals surface area contributed by atoms with Crippen LogP contribution in [0.5, 0.6) is 0 Å². The molecule has 0 radical (unpaired) electrons. The smallest absolute Gasteiger partial charge is 0.480 e. The zero-order chi connectivity index (χ0) is 41.4. The van der Waals surface area contributed by atoms with E-state index in [1.807, 2.05) is 72.8 Å². The van der Waals surface area contributed by atoms with Gasteiger partial charge in [-0.05, 0) is 72.8 Å². The molecule has 0 fully saturated rings. The second kappa shape index (κ2) is 18.6. The molecule has 0 spiro atoms. The summed E-state index contributed by atoms with van der Waals surface area (Å²) in [6.07, 6.45) is 10.3. The molecule has 0 atom stereocenters. The Morgan fingerprint density at radius 1 is 0.429 bits per heavy atom. The fourth-order valence-corrected chi connectivity index (χ4v) is 3.50. The van der Waals surface area contributed by atoms with E-state index in [1.165, 1.54) is 0 Å². The fourth-order valence-electron chi connectivity index (χ4n) is 3.50. The zero-order valence-corrected chi connectivity index (χ0v) is 31.4. The van der Waals surface area contributed by atoms with Crippen molar-refractivity contribution in [2.24, 2.45) is 0 Å². The molecule has 0 saturated carbocycles. The number of carboxylic acid groups (broad SMARTS) is 1. The normalized spacial score (nSPS) is 12.9. The van der Waals surface area contributed by atoms with E-state index in [4.69, 9.17) is 5.11 Å². The van der Waals surface area contributed by atoms with Crippen LogP contribution in [-0.4, -0.2) is 47.5 Å². The van der Waals surface area contributed by atoms with E-state index in [2.05, 4.69) is 29.9 Å². The van der Waals surface area contributed by atoms with Crippen molar-refractivity contribution in [2.75, 3.05) is 11.4 Å². The molecular formula is C32H27F12N7O2P2Ru. The molecule has 9 nitrogen and oxygen atoms in total. The molecule has 304 valence electrons. The van der Waals surface area contributed by atoms with Gasteiger partial charge in [-0.3, -0.25) is 29.6 Å². The molecule has 56 heavy (non-hydrogen) atoms. The molecule has 0 aromatic carbocycles. The molecule has 0 amide bonds. The van der Waals surface area contributed by atoms with E-state index in [0.717, 1.165) is 22.8 Å². The van der Waals surface area contributed by atoms with Crippen molar-refractivity contribution in [3.8, 4) is 22.8 Å². The van der Waals surface area contributed by atoms with Crippen LogP contribution < -0.4 is 4.90 Å². The van der Waals surface area contributed by atoms with Crippen molar-refractivity contribution >= 4 is 33.2 Å². The van der Waals surface area contributed by atoms with Crippen molar-refractivity contribution in [3.63, 3.8) is 0 Å². The van der Waals surface area contributed by atoms with Crippen molar-refractivity contribution in [2.45, 2.75) is 0 Å². The van der Waals surface area contributed by atoms with E-state index in [0.29, 0.717) is 11.6 Å². The molecule has 0 aliphatic heterocycles. The van der Waals surface area contributed by atoms with E-state index in [1.54, 1.807) is 78.5 Å². The maximum atomic E-state index is 10.9. The van der Waals surface area contributed by atoms with Gasteiger partial charge < -0.3 is 5.11 Å². The summed E-state index contributed by atoms with van der Waals surface area (Å²) < 4.78 is 118. The Kier molecular flexibility index (Phi) is 16.2. The first-order valence-corrected chi connectivity index (χ1v) is 18.8. The minimum Gasteiger partial charge on any atom is -0.480 e. The van der Waals surface area contributed by atoms with Crippen LogP contribution in [0.25, 0.3) is 22.8 Å². The molecule has 6 aromatic heterocycles.